The van der Waals surface area contributed by atoms with Crippen LogP contribution in [0.25, 0.3) is 0 Å². The van der Waals surface area contributed by atoms with Gasteiger partial charge in [0.25, 0.3) is 0 Å². The number of carbonyl (C=O) groups is 1. The van der Waals surface area contributed by atoms with E-state index in [1.54, 1.807) is 6.07 Å². The highest BCUT2D eigenvalue weighted by atomic mass is 32.2. The molecule has 0 N–H and O–H groups in total. The highest BCUT2D eigenvalue weighted by Crippen LogP contribution is 2.19. The molecule has 2 aromatic carbocycles. The Labute approximate surface area is 140 Å². The average Bonchev–Trinajstić information content (AvgIpc) is 2.56. The Balaban J connectivity index is 2.04. The first-order chi connectivity index (χ1) is 11.2. The van der Waals surface area contributed by atoms with Crippen LogP contribution in [-0.4, -0.2) is 10.2 Å². The van der Waals surface area contributed by atoms with Gasteiger partial charge in [-0.1, -0.05) is 68.3 Å². The number of unbranched alkanes of at least 4 members (excludes halogenated alkanes) is 2. The molecule has 0 amide bonds. The predicted octanol–water partition coefficient (Wildman–Crippen LogP) is 4.42. The van der Waals surface area contributed by atoms with Gasteiger partial charge in [0.1, 0.15) is 0 Å². The molecule has 0 aliphatic carbocycles. The van der Waals surface area contributed by atoms with Gasteiger partial charge in [0, 0.05) is 6.42 Å². The van der Waals surface area contributed by atoms with Crippen LogP contribution in [0.3, 0.4) is 0 Å². The molecule has 0 heterocycles. The molecule has 0 saturated carbocycles. The van der Waals surface area contributed by atoms with Crippen molar-refractivity contribution in [2.45, 2.75) is 43.9 Å². The second kappa shape index (κ2) is 9.26. The minimum absolute atomic E-state index is 0.320. The first kappa shape index (κ1) is 17.4. The normalized spacial score (nSPS) is 11.9. The SMILES string of the molecule is CCCCCC(=O)O[S@](=O)c1ccccc1Cc1ccccc1. The summed E-state index contributed by atoms with van der Waals surface area (Å²) in [6.45, 7) is 2.07. The van der Waals surface area contributed by atoms with Crippen LogP contribution < -0.4 is 0 Å². The summed E-state index contributed by atoms with van der Waals surface area (Å²) in [5.41, 5.74) is 2.05. The maximum atomic E-state index is 12.4. The fourth-order valence-corrected chi connectivity index (χ4v) is 3.20. The largest absolute Gasteiger partial charge is 0.360 e. The number of hydrogen-bond donors (Lipinski definition) is 0. The van der Waals surface area contributed by atoms with Gasteiger partial charge in [0.2, 0.25) is 11.1 Å². The van der Waals surface area contributed by atoms with Gasteiger partial charge in [0.05, 0.1) is 4.90 Å². The third-order valence-corrected chi connectivity index (χ3v) is 4.64. The topological polar surface area (TPSA) is 43.4 Å². The molecule has 0 spiro atoms. The van der Waals surface area contributed by atoms with Crippen LogP contribution in [0.1, 0.15) is 43.7 Å². The Morgan fingerprint density at radius 3 is 2.43 bits per heavy atom. The molecule has 0 fully saturated rings. The lowest BCUT2D eigenvalue weighted by molar-refractivity contribution is -0.133. The maximum Gasteiger partial charge on any atom is 0.320 e. The summed E-state index contributed by atoms with van der Waals surface area (Å²) in [5, 5.41) is 0. The second-order valence-electron chi connectivity index (χ2n) is 5.42. The van der Waals surface area contributed by atoms with Crippen LogP contribution >= 0.6 is 0 Å². The summed E-state index contributed by atoms with van der Waals surface area (Å²) < 4.78 is 17.5. The second-order valence-corrected chi connectivity index (χ2v) is 6.49. The van der Waals surface area contributed by atoms with Crippen molar-refractivity contribution in [1.29, 1.82) is 0 Å². The Morgan fingerprint density at radius 2 is 1.70 bits per heavy atom. The van der Waals surface area contributed by atoms with Gasteiger partial charge >= 0.3 is 5.97 Å². The van der Waals surface area contributed by atoms with Crippen LogP contribution in [0.5, 0.6) is 0 Å². The Kier molecular flexibility index (Phi) is 7.01. The van der Waals surface area contributed by atoms with Gasteiger partial charge in [-0.3, -0.25) is 4.79 Å². The molecule has 4 heteroatoms. The summed E-state index contributed by atoms with van der Waals surface area (Å²) in [6, 6.07) is 17.4. The van der Waals surface area contributed by atoms with E-state index in [0.717, 1.165) is 30.4 Å². The molecule has 3 nitrogen and oxygen atoms in total. The molecule has 1 atom stereocenters. The van der Waals surface area contributed by atoms with E-state index >= 15 is 0 Å². The molecule has 122 valence electrons. The van der Waals surface area contributed by atoms with Crippen molar-refractivity contribution in [3.63, 3.8) is 0 Å². The lowest BCUT2D eigenvalue weighted by Gasteiger charge is -2.09. The third-order valence-electron chi connectivity index (χ3n) is 3.54. The first-order valence-corrected chi connectivity index (χ1v) is 9.03. The quantitative estimate of drug-likeness (QED) is 0.673. The van der Waals surface area contributed by atoms with E-state index in [-0.39, 0.29) is 0 Å². The van der Waals surface area contributed by atoms with Crippen molar-refractivity contribution in [3.8, 4) is 0 Å². The van der Waals surface area contributed by atoms with Crippen molar-refractivity contribution in [2.75, 3.05) is 0 Å². The monoisotopic (exact) mass is 330 g/mol. The summed E-state index contributed by atoms with van der Waals surface area (Å²) in [7, 11) is 0. The molecular formula is C19H22O3S. The van der Waals surface area contributed by atoms with Gasteiger partial charge in [-0.15, -0.1) is 0 Å². The molecule has 23 heavy (non-hydrogen) atoms. The number of benzene rings is 2. The number of rotatable bonds is 8. The highest BCUT2D eigenvalue weighted by Gasteiger charge is 2.15. The molecule has 0 aromatic heterocycles. The molecule has 0 aliphatic rings. The summed E-state index contributed by atoms with van der Waals surface area (Å²) in [5.74, 6) is -0.397. The van der Waals surface area contributed by atoms with Gasteiger partial charge in [-0.2, -0.15) is 0 Å². The standard InChI is InChI=1S/C19H22O3S/c1-2-3-5-14-19(20)22-23(21)18-13-9-8-12-17(18)15-16-10-6-4-7-11-16/h4,6-13H,2-3,5,14-15H2,1H3/t23-/m0/s1. The fraction of sp³-hybridized carbons (Fsp3) is 0.316. The zero-order valence-corrected chi connectivity index (χ0v) is 14.2. The number of carbonyl (C=O) groups excluding carboxylic acids is 1. The van der Waals surface area contributed by atoms with Crippen molar-refractivity contribution in [1.82, 2.24) is 0 Å². The summed E-state index contributed by atoms with van der Waals surface area (Å²) >= 11 is -1.75. The minimum Gasteiger partial charge on any atom is -0.360 e. The summed E-state index contributed by atoms with van der Waals surface area (Å²) in [6.07, 6.45) is 3.78. The number of hydrogen-bond acceptors (Lipinski definition) is 3. The van der Waals surface area contributed by atoms with Crippen LogP contribution in [0, 0.1) is 0 Å². The van der Waals surface area contributed by atoms with E-state index in [4.69, 9.17) is 4.18 Å². The molecule has 2 rings (SSSR count). The Hall–Kier alpha value is -1.94. The van der Waals surface area contributed by atoms with Gasteiger partial charge in [-0.25, -0.2) is 4.21 Å². The lowest BCUT2D eigenvalue weighted by atomic mass is 10.1. The van der Waals surface area contributed by atoms with Crippen LogP contribution in [0.4, 0.5) is 0 Å². The van der Waals surface area contributed by atoms with Crippen LogP contribution in [-0.2, 0) is 26.5 Å². The van der Waals surface area contributed by atoms with Gasteiger partial charge < -0.3 is 4.18 Å². The van der Waals surface area contributed by atoms with Crippen molar-refractivity contribution in [2.24, 2.45) is 0 Å². The first-order valence-electron chi connectivity index (χ1n) is 7.95. The van der Waals surface area contributed by atoms with Crippen LogP contribution in [0.15, 0.2) is 59.5 Å². The van der Waals surface area contributed by atoms with Crippen molar-refractivity contribution >= 4 is 17.0 Å². The zero-order valence-electron chi connectivity index (χ0n) is 13.4. The predicted molar refractivity (Wildman–Crippen MR) is 92.3 cm³/mol. The third kappa shape index (κ3) is 5.64. The fourth-order valence-electron chi connectivity index (χ4n) is 2.32. The van der Waals surface area contributed by atoms with E-state index in [0.29, 0.717) is 17.7 Å². The van der Waals surface area contributed by atoms with E-state index < -0.39 is 17.0 Å². The van der Waals surface area contributed by atoms with Crippen molar-refractivity contribution < 1.29 is 13.2 Å². The summed E-state index contributed by atoms with van der Waals surface area (Å²) in [4.78, 5) is 12.3. The molecule has 2 aromatic rings. The zero-order chi connectivity index (χ0) is 16.5. The van der Waals surface area contributed by atoms with E-state index in [9.17, 15) is 9.00 Å². The van der Waals surface area contributed by atoms with E-state index in [2.05, 4.69) is 6.92 Å². The van der Waals surface area contributed by atoms with E-state index in [1.165, 1.54) is 0 Å². The molecule has 0 radical (unpaired) electrons. The van der Waals surface area contributed by atoms with Gasteiger partial charge in [-0.05, 0) is 30.0 Å². The molecule has 0 unspecified atom stereocenters. The van der Waals surface area contributed by atoms with Gasteiger partial charge in [0.15, 0.2) is 0 Å². The Morgan fingerprint density at radius 1 is 1.00 bits per heavy atom. The smallest absolute Gasteiger partial charge is 0.320 e. The molecule has 0 bridgehead atoms. The maximum absolute atomic E-state index is 12.4. The van der Waals surface area contributed by atoms with Crippen molar-refractivity contribution in [3.05, 3.63) is 65.7 Å². The van der Waals surface area contributed by atoms with Crippen LogP contribution in [0.2, 0.25) is 0 Å². The molecule has 0 aliphatic heterocycles. The van der Waals surface area contributed by atoms with E-state index in [1.807, 2.05) is 48.5 Å². The molecule has 0 saturated heterocycles. The average molecular weight is 330 g/mol. The molecular weight excluding hydrogens is 308 g/mol. The lowest BCUT2D eigenvalue weighted by Crippen LogP contribution is -2.09. The Bertz CT molecular complexity index is 653. The minimum atomic E-state index is -1.75. The highest BCUT2D eigenvalue weighted by molar-refractivity contribution is 7.80.